The fourth-order valence-electron chi connectivity index (χ4n) is 2.71. The van der Waals surface area contributed by atoms with E-state index in [0.717, 1.165) is 6.42 Å². The average molecular weight is 407 g/mol. The number of nitrogens with one attached hydrogen (secondary N) is 2. The predicted octanol–water partition coefficient (Wildman–Crippen LogP) is 4.86. The number of allylic oxidation sites excluding steroid dienone is 1. The third kappa shape index (κ3) is 5.33. The van der Waals surface area contributed by atoms with Crippen LogP contribution < -0.4 is 10.0 Å². The van der Waals surface area contributed by atoms with Gasteiger partial charge in [-0.1, -0.05) is 61.5 Å². The summed E-state index contributed by atoms with van der Waals surface area (Å²) in [5, 5.41) is 2.98. The highest BCUT2D eigenvalue weighted by molar-refractivity contribution is 7.92. The minimum atomic E-state index is -3.71. The molecule has 29 heavy (non-hydrogen) atoms. The number of aryl methyl sites for hydroxylation is 1. The molecule has 0 aliphatic heterocycles. The first kappa shape index (κ1) is 20.4. The van der Waals surface area contributed by atoms with Crippen LogP contribution in [-0.4, -0.2) is 14.2 Å². The van der Waals surface area contributed by atoms with Crippen LogP contribution in [0.15, 0.2) is 96.0 Å². The molecule has 3 aromatic rings. The van der Waals surface area contributed by atoms with Gasteiger partial charge in [-0.2, -0.15) is 0 Å². The Labute approximate surface area is 171 Å². The molecule has 0 amide bonds. The molecule has 0 fully saturated rings. The fourth-order valence-corrected chi connectivity index (χ4v) is 3.81. The number of rotatable bonds is 8. The SMILES string of the molecule is CCc1ccc(C(=O)/C=C\Nc2ccccc2NS(=O)(=O)c2ccccc2)cc1. The zero-order valence-corrected chi connectivity index (χ0v) is 16.8. The van der Waals surface area contributed by atoms with Crippen molar-refractivity contribution in [1.29, 1.82) is 0 Å². The third-order valence-electron chi connectivity index (χ3n) is 4.35. The van der Waals surface area contributed by atoms with Crippen molar-refractivity contribution >= 4 is 27.2 Å². The summed E-state index contributed by atoms with van der Waals surface area (Å²) >= 11 is 0. The predicted molar refractivity (Wildman–Crippen MR) is 117 cm³/mol. The molecule has 0 atom stereocenters. The van der Waals surface area contributed by atoms with E-state index in [1.54, 1.807) is 54.6 Å². The largest absolute Gasteiger partial charge is 0.360 e. The van der Waals surface area contributed by atoms with Gasteiger partial charge < -0.3 is 5.32 Å². The van der Waals surface area contributed by atoms with Gasteiger partial charge in [-0.05, 0) is 36.2 Å². The molecule has 148 valence electrons. The molecule has 0 heterocycles. The van der Waals surface area contributed by atoms with Crippen LogP contribution in [0.1, 0.15) is 22.8 Å². The van der Waals surface area contributed by atoms with Crippen LogP contribution >= 0.6 is 0 Å². The van der Waals surface area contributed by atoms with Crippen LogP contribution in [0.5, 0.6) is 0 Å². The summed E-state index contributed by atoms with van der Waals surface area (Å²) in [5.41, 5.74) is 2.69. The highest BCUT2D eigenvalue weighted by Crippen LogP contribution is 2.24. The van der Waals surface area contributed by atoms with Crippen molar-refractivity contribution in [3.63, 3.8) is 0 Å². The Bertz CT molecular complexity index is 1110. The molecule has 0 saturated carbocycles. The molecular weight excluding hydrogens is 384 g/mol. The molecule has 0 aliphatic carbocycles. The fraction of sp³-hybridized carbons (Fsp3) is 0.0870. The highest BCUT2D eigenvalue weighted by atomic mass is 32.2. The summed E-state index contributed by atoms with van der Waals surface area (Å²) in [6.45, 7) is 2.06. The summed E-state index contributed by atoms with van der Waals surface area (Å²) in [6, 6.07) is 22.5. The van der Waals surface area contributed by atoms with Gasteiger partial charge >= 0.3 is 0 Å². The highest BCUT2D eigenvalue weighted by Gasteiger charge is 2.15. The lowest BCUT2D eigenvalue weighted by atomic mass is 10.1. The maximum absolute atomic E-state index is 12.6. The number of hydrogen-bond acceptors (Lipinski definition) is 4. The lowest BCUT2D eigenvalue weighted by molar-refractivity contribution is 0.104. The Kier molecular flexibility index (Phi) is 6.46. The summed E-state index contributed by atoms with van der Waals surface area (Å²) in [6.07, 6.45) is 3.84. The van der Waals surface area contributed by atoms with Gasteiger partial charge in [0.05, 0.1) is 16.3 Å². The van der Waals surface area contributed by atoms with Crippen LogP contribution in [0.3, 0.4) is 0 Å². The summed E-state index contributed by atoms with van der Waals surface area (Å²) in [5.74, 6) is -0.137. The Morgan fingerprint density at radius 1 is 0.862 bits per heavy atom. The number of sulfonamides is 1. The molecule has 0 spiro atoms. The van der Waals surface area contributed by atoms with E-state index in [-0.39, 0.29) is 10.7 Å². The van der Waals surface area contributed by atoms with Gasteiger partial charge in [0.2, 0.25) is 0 Å². The van der Waals surface area contributed by atoms with Gasteiger partial charge in [-0.15, -0.1) is 0 Å². The monoisotopic (exact) mass is 406 g/mol. The van der Waals surface area contributed by atoms with Crippen molar-refractivity contribution in [3.8, 4) is 0 Å². The van der Waals surface area contributed by atoms with Crippen molar-refractivity contribution in [1.82, 2.24) is 0 Å². The second kappa shape index (κ2) is 9.21. The number of para-hydroxylation sites is 2. The smallest absolute Gasteiger partial charge is 0.261 e. The molecule has 0 bridgehead atoms. The molecule has 3 rings (SSSR count). The number of carbonyl (C=O) groups excluding carboxylic acids is 1. The molecule has 0 radical (unpaired) electrons. The van der Waals surface area contributed by atoms with E-state index in [1.165, 1.54) is 30.0 Å². The van der Waals surface area contributed by atoms with Crippen LogP contribution in [0.25, 0.3) is 0 Å². The maximum atomic E-state index is 12.6. The zero-order chi connectivity index (χ0) is 20.7. The van der Waals surface area contributed by atoms with Gasteiger partial charge in [0.15, 0.2) is 5.78 Å². The first-order chi connectivity index (χ1) is 14.0. The number of carbonyl (C=O) groups is 1. The second-order valence-electron chi connectivity index (χ2n) is 6.36. The van der Waals surface area contributed by atoms with E-state index in [2.05, 4.69) is 17.0 Å². The standard InChI is InChI=1S/C23H22N2O3S/c1-2-18-12-14-19(15-13-18)23(26)16-17-24-21-10-6-7-11-22(21)25-29(27,28)20-8-4-3-5-9-20/h3-17,24-25H,2H2,1H3/b17-16-. The van der Waals surface area contributed by atoms with E-state index in [1.807, 2.05) is 12.1 Å². The lowest BCUT2D eigenvalue weighted by Crippen LogP contribution is -2.13. The maximum Gasteiger partial charge on any atom is 0.261 e. The van der Waals surface area contributed by atoms with Crippen molar-refractivity contribution in [3.05, 3.63) is 102 Å². The van der Waals surface area contributed by atoms with E-state index in [0.29, 0.717) is 16.9 Å². The molecule has 5 nitrogen and oxygen atoms in total. The Morgan fingerprint density at radius 2 is 1.48 bits per heavy atom. The molecule has 0 aliphatic rings. The van der Waals surface area contributed by atoms with Gasteiger partial charge in [0.25, 0.3) is 10.0 Å². The van der Waals surface area contributed by atoms with Gasteiger partial charge in [0, 0.05) is 17.8 Å². The topological polar surface area (TPSA) is 75.3 Å². The van der Waals surface area contributed by atoms with Gasteiger partial charge in [-0.25, -0.2) is 8.42 Å². The van der Waals surface area contributed by atoms with Crippen molar-refractivity contribution in [2.24, 2.45) is 0 Å². The van der Waals surface area contributed by atoms with Crippen LogP contribution in [-0.2, 0) is 16.4 Å². The van der Waals surface area contributed by atoms with E-state index in [9.17, 15) is 13.2 Å². The number of anilines is 2. The Hall–Kier alpha value is -3.38. The van der Waals surface area contributed by atoms with Crippen molar-refractivity contribution in [2.45, 2.75) is 18.2 Å². The number of hydrogen-bond donors (Lipinski definition) is 2. The molecule has 2 N–H and O–H groups in total. The summed E-state index contributed by atoms with van der Waals surface area (Å²) in [7, 11) is -3.71. The molecule has 3 aromatic carbocycles. The molecule has 0 saturated heterocycles. The number of ketones is 1. The average Bonchev–Trinajstić information content (AvgIpc) is 2.75. The third-order valence-corrected chi connectivity index (χ3v) is 5.73. The van der Waals surface area contributed by atoms with E-state index >= 15 is 0 Å². The normalized spacial score (nSPS) is 11.3. The second-order valence-corrected chi connectivity index (χ2v) is 8.04. The van der Waals surface area contributed by atoms with Gasteiger partial charge in [0.1, 0.15) is 0 Å². The Morgan fingerprint density at radius 3 is 2.14 bits per heavy atom. The first-order valence-corrected chi connectivity index (χ1v) is 10.7. The van der Waals surface area contributed by atoms with E-state index < -0.39 is 10.0 Å². The molecular formula is C23H22N2O3S. The van der Waals surface area contributed by atoms with Crippen LogP contribution in [0, 0.1) is 0 Å². The minimum Gasteiger partial charge on any atom is -0.360 e. The first-order valence-electron chi connectivity index (χ1n) is 9.23. The van der Waals surface area contributed by atoms with Crippen LogP contribution in [0.2, 0.25) is 0 Å². The van der Waals surface area contributed by atoms with Gasteiger partial charge in [-0.3, -0.25) is 9.52 Å². The summed E-state index contributed by atoms with van der Waals surface area (Å²) in [4.78, 5) is 12.5. The van der Waals surface area contributed by atoms with Crippen molar-refractivity contribution < 1.29 is 13.2 Å². The molecule has 0 aromatic heterocycles. The molecule has 0 unspecified atom stereocenters. The Balaban J connectivity index is 1.72. The number of benzene rings is 3. The van der Waals surface area contributed by atoms with Crippen LogP contribution in [0.4, 0.5) is 11.4 Å². The quantitative estimate of drug-likeness (QED) is 0.414. The minimum absolute atomic E-state index is 0.137. The summed E-state index contributed by atoms with van der Waals surface area (Å²) < 4.78 is 27.7. The lowest BCUT2D eigenvalue weighted by Gasteiger charge is -2.12. The molecule has 6 heteroatoms. The zero-order valence-electron chi connectivity index (χ0n) is 16.0. The van der Waals surface area contributed by atoms with E-state index in [4.69, 9.17) is 0 Å². The van der Waals surface area contributed by atoms with Crippen molar-refractivity contribution in [2.75, 3.05) is 10.0 Å².